The van der Waals surface area contributed by atoms with Crippen molar-refractivity contribution in [2.45, 2.75) is 26.3 Å². The van der Waals surface area contributed by atoms with Crippen LogP contribution < -0.4 is 31.2 Å². The van der Waals surface area contributed by atoms with Crippen molar-refractivity contribution in [1.82, 2.24) is 15.0 Å². The predicted molar refractivity (Wildman–Crippen MR) is 118 cm³/mol. The number of nitrogens with one attached hydrogen (secondary N) is 3. The summed E-state index contributed by atoms with van der Waals surface area (Å²) >= 11 is 0. The fourth-order valence-corrected chi connectivity index (χ4v) is 2.64. The first-order valence-electron chi connectivity index (χ1n) is 10.5. The number of benzene rings is 1. The maximum Gasteiger partial charge on any atom is 0.233 e. The molecule has 170 valence electrons. The summed E-state index contributed by atoms with van der Waals surface area (Å²) in [7, 11) is 0. The van der Waals surface area contributed by atoms with E-state index in [1.807, 2.05) is 18.2 Å². The van der Waals surface area contributed by atoms with Gasteiger partial charge in [0.2, 0.25) is 24.6 Å². The summed E-state index contributed by atoms with van der Waals surface area (Å²) in [5.74, 6) is 2.76. The first-order valence-corrected chi connectivity index (χ1v) is 10.5. The molecular formula is C20H31N7O4. The molecule has 2 heterocycles. The first kappa shape index (κ1) is 22.8. The summed E-state index contributed by atoms with van der Waals surface area (Å²) in [5.41, 5.74) is 6.16. The SMILES string of the molecule is CCC(C)Nc1nc(NCCOCCOCCN)nc(Nc2ccc3c(c2)OCO3)n1. The Morgan fingerprint density at radius 1 is 1.00 bits per heavy atom. The topological polar surface area (TPSA) is 138 Å². The molecule has 0 bridgehead atoms. The minimum Gasteiger partial charge on any atom is -0.454 e. The number of rotatable bonds is 14. The largest absolute Gasteiger partial charge is 0.454 e. The molecule has 3 rings (SSSR count). The molecule has 1 aliphatic heterocycles. The second kappa shape index (κ2) is 12.1. The second-order valence-electron chi connectivity index (χ2n) is 6.89. The van der Waals surface area contributed by atoms with E-state index < -0.39 is 0 Å². The van der Waals surface area contributed by atoms with Crippen LogP contribution in [0.15, 0.2) is 18.2 Å². The van der Waals surface area contributed by atoms with Crippen LogP contribution in [-0.2, 0) is 9.47 Å². The van der Waals surface area contributed by atoms with Gasteiger partial charge in [-0.2, -0.15) is 15.0 Å². The average Bonchev–Trinajstić information content (AvgIpc) is 3.23. The van der Waals surface area contributed by atoms with Gasteiger partial charge in [-0.25, -0.2) is 0 Å². The number of fused-ring (bicyclic) bond motifs is 1. The summed E-state index contributed by atoms with van der Waals surface area (Å²) in [6.45, 7) is 7.52. The van der Waals surface area contributed by atoms with Crippen LogP contribution in [0.1, 0.15) is 20.3 Å². The number of hydrogen-bond donors (Lipinski definition) is 4. The van der Waals surface area contributed by atoms with Crippen molar-refractivity contribution in [2.24, 2.45) is 5.73 Å². The van der Waals surface area contributed by atoms with Gasteiger partial charge >= 0.3 is 0 Å². The Hall–Kier alpha value is -2.89. The molecule has 0 saturated heterocycles. The van der Waals surface area contributed by atoms with Gasteiger partial charge in [-0.05, 0) is 25.5 Å². The molecule has 0 saturated carbocycles. The van der Waals surface area contributed by atoms with Crippen LogP contribution in [0.3, 0.4) is 0 Å². The van der Waals surface area contributed by atoms with Gasteiger partial charge in [0.15, 0.2) is 11.5 Å². The maximum atomic E-state index is 5.53. The standard InChI is InChI=1S/C20H31N7O4/c1-3-14(2)23-19-25-18(22-7-9-29-11-10-28-8-6-21)26-20(27-19)24-15-4-5-16-17(12-15)31-13-30-16/h4-5,12,14H,3,6-11,13,21H2,1-2H3,(H3,22,23,24,25,26,27). The number of anilines is 4. The van der Waals surface area contributed by atoms with Gasteiger partial charge in [-0.15, -0.1) is 0 Å². The smallest absolute Gasteiger partial charge is 0.233 e. The zero-order valence-electron chi connectivity index (χ0n) is 18.0. The molecule has 0 fully saturated rings. The van der Waals surface area contributed by atoms with Crippen molar-refractivity contribution >= 4 is 23.5 Å². The monoisotopic (exact) mass is 433 g/mol. The molecule has 0 radical (unpaired) electrons. The number of aromatic nitrogens is 3. The maximum absolute atomic E-state index is 5.53. The van der Waals surface area contributed by atoms with Crippen LogP contribution in [0.25, 0.3) is 0 Å². The van der Waals surface area contributed by atoms with E-state index in [0.29, 0.717) is 63.1 Å². The highest BCUT2D eigenvalue weighted by Gasteiger charge is 2.14. The zero-order valence-corrected chi connectivity index (χ0v) is 18.0. The molecule has 2 aromatic rings. The lowest BCUT2D eigenvalue weighted by Crippen LogP contribution is -2.19. The molecule has 1 atom stereocenters. The average molecular weight is 434 g/mol. The third-order valence-electron chi connectivity index (χ3n) is 4.42. The Labute approximate surface area is 182 Å². The third kappa shape index (κ3) is 7.39. The molecule has 0 spiro atoms. The molecule has 0 amide bonds. The lowest BCUT2D eigenvalue weighted by atomic mass is 10.3. The molecule has 11 nitrogen and oxygen atoms in total. The molecular weight excluding hydrogens is 402 g/mol. The predicted octanol–water partition coefficient (Wildman–Crippen LogP) is 1.96. The van der Waals surface area contributed by atoms with E-state index in [1.54, 1.807) is 0 Å². The van der Waals surface area contributed by atoms with Crippen molar-refractivity contribution in [3.63, 3.8) is 0 Å². The van der Waals surface area contributed by atoms with Crippen molar-refractivity contribution in [3.05, 3.63) is 18.2 Å². The number of ether oxygens (including phenoxy) is 4. The first-order chi connectivity index (χ1) is 15.2. The minimum absolute atomic E-state index is 0.225. The van der Waals surface area contributed by atoms with E-state index in [0.717, 1.165) is 17.9 Å². The van der Waals surface area contributed by atoms with Gasteiger partial charge in [0.1, 0.15) is 0 Å². The van der Waals surface area contributed by atoms with E-state index in [4.69, 9.17) is 24.7 Å². The molecule has 11 heteroatoms. The summed E-state index contributed by atoms with van der Waals surface area (Å²) in [5, 5.41) is 9.66. The summed E-state index contributed by atoms with van der Waals surface area (Å²) in [4.78, 5) is 13.4. The Morgan fingerprint density at radius 3 is 2.55 bits per heavy atom. The van der Waals surface area contributed by atoms with Crippen molar-refractivity contribution in [2.75, 3.05) is 62.3 Å². The van der Waals surface area contributed by atoms with E-state index in [-0.39, 0.29) is 12.8 Å². The second-order valence-corrected chi connectivity index (χ2v) is 6.89. The van der Waals surface area contributed by atoms with Crippen molar-refractivity contribution in [1.29, 1.82) is 0 Å². The van der Waals surface area contributed by atoms with Crippen LogP contribution in [0.5, 0.6) is 11.5 Å². The quantitative estimate of drug-likeness (QED) is 0.325. The summed E-state index contributed by atoms with van der Waals surface area (Å²) in [6.07, 6.45) is 0.944. The van der Waals surface area contributed by atoms with E-state index in [9.17, 15) is 0 Å². The van der Waals surface area contributed by atoms with E-state index >= 15 is 0 Å². The van der Waals surface area contributed by atoms with Crippen molar-refractivity contribution < 1.29 is 18.9 Å². The van der Waals surface area contributed by atoms with Crippen LogP contribution in [0, 0.1) is 0 Å². The van der Waals surface area contributed by atoms with Gasteiger partial charge in [0, 0.05) is 30.9 Å². The van der Waals surface area contributed by atoms with Crippen molar-refractivity contribution in [3.8, 4) is 11.5 Å². The minimum atomic E-state index is 0.225. The van der Waals surface area contributed by atoms with Gasteiger partial charge in [0.05, 0.1) is 26.4 Å². The Balaban J connectivity index is 1.59. The Bertz CT molecular complexity index is 824. The molecule has 1 unspecified atom stereocenters. The van der Waals surface area contributed by atoms with Gasteiger partial charge in [-0.1, -0.05) is 6.92 Å². The van der Waals surface area contributed by atoms with Gasteiger partial charge in [0.25, 0.3) is 0 Å². The Kier molecular flexibility index (Phi) is 8.88. The van der Waals surface area contributed by atoms with E-state index in [1.165, 1.54) is 0 Å². The normalized spacial score (nSPS) is 13.1. The van der Waals surface area contributed by atoms with Crippen LogP contribution in [0.2, 0.25) is 0 Å². The number of nitrogens with zero attached hydrogens (tertiary/aromatic N) is 3. The van der Waals surface area contributed by atoms with E-state index in [2.05, 4.69) is 44.7 Å². The highest BCUT2D eigenvalue weighted by molar-refractivity contribution is 5.61. The fraction of sp³-hybridized carbons (Fsp3) is 0.550. The highest BCUT2D eigenvalue weighted by atomic mass is 16.7. The van der Waals surface area contributed by atoms with Gasteiger partial charge in [-0.3, -0.25) is 0 Å². The zero-order chi connectivity index (χ0) is 21.9. The summed E-state index contributed by atoms with van der Waals surface area (Å²) in [6, 6.07) is 5.80. The molecule has 1 aliphatic rings. The number of hydrogen-bond acceptors (Lipinski definition) is 11. The molecule has 31 heavy (non-hydrogen) atoms. The lowest BCUT2D eigenvalue weighted by molar-refractivity contribution is 0.0547. The fourth-order valence-electron chi connectivity index (χ4n) is 2.64. The molecule has 0 aliphatic carbocycles. The number of nitrogens with two attached hydrogens (primary N) is 1. The Morgan fingerprint density at radius 2 is 1.74 bits per heavy atom. The van der Waals surface area contributed by atoms with Gasteiger partial charge < -0.3 is 40.6 Å². The van der Waals surface area contributed by atoms with Crippen LogP contribution in [0.4, 0.5) is 23.5 Å². The highest BCUT2D eigenvalue weighted by Crippen LogP contribution is 2.34. The third-order valence-corrected chi connectivity index (χ3v) is 4.42. The van der Waals surface area contributed by atoms with Crippen LogP contribution >= 0.6 is 0 Å². The molecule has 1 aromatic heterocycles. The summed E-state index contributed by atoms with van der Waals surface area (Å²) < 4.78 is 21.6. The molecule has 1 aromatic carbocycles. The lowest BCUT2D eigenvalue weighted by Gasteiger charge is -2.14. The van der Waals surface area contributed by atoms with Crippen LogP contribution in [-0.4, -0.2) is 67.3 Å². The molecule has 5 N–H and O–H groups in total.